The molecular weight excluding hydrogens is 310 g/mol. The van der Waals surface area contributed by atoms with Crippen LogP contribution < -0.4 is 0 Å². The van der Waals surface area contributed by atoms with Gasteiger partial charge >= 0.3 is 0 Å². The molecule has 1 N–H and O–H groups in total. The molecule has 0 unspecified atom stereocenters. The average Bonchev–Trinajstić information content (AvgIpc) is 3.27. The van der Waals surface area contributed by atoms with Gasteiger partial charge in [-0.3, -0.25) is 4.79 Å². The predicted octanol–water partition coefficient (Wildman–Crippen LogP) is 2.85. The number of hydrogen-bond acceptors (Lipinski definition) is 4. The number of aliphatic hydroxyl groups excluding tert-OH is 1. The lowest BCUT2D eigenvalue weighted by molar-refractivity contribution is -0.137. The van der Waals surface area contributed by atoms with E-state index < -0.39 is 6.10 Å². The summed E-state index contributed by atoms with van der Waals surface area (Å²) in [5, 5.41) is 12.4. The van der Waals surface area contributed by atoms with Crippen LogP contribution in [0.4, 0.5) is 0 Å². The van der Waals surface area contributed by atoms with Crippen LogP contribution >= 0.6 is 11.3 Å². The summed E-state index contributed by atoms with van der Waals surface area (Å²) in [5.74, 6) is -0.0174. The fourth-order valence-electron chi connectivity index (χ4n) is 2.80. The van der Waals surface area contributed by atoms with Gasteiger partial charge in [0.05, 0.1) is 19.1 Å². The lowest BCUT2D eigenvalue weighted by Gasteiger charge is -2.27. The smallest absolute Gasteiger partial charge is 0.228 e. The predicted molar refractivity (Wildman–Crippen MR) is 90.1 cm³/mol. The van der Waals surface area contributed by atoms with Crippen LogP contribution in [0.3, 0.4) is 0 Å². The molecule has 0 spiro atoms. The molecule has 1 saturated heterocycles. The zero-order valence-corrected chi connectivity index (χ0v) is 13.7. The van der Waals surface area contributed by atoms with E-state index in [1.54, 1.807) is 4.90 Å². The minimum Gasteiger partial charge on any atom is -0.386 e. The number of amides is 1. The highest BCUT2D eigenvalue weighted by molar-refractivity contribution is 7.10. The summed E-state index contributed by atoms with van der Waals surface area (Å²) < 4.78 is 5.35. The van der Waals surface area contributed by atoms with Crippen molar-refractivity contribution in [2.45, 2.75) is 19.1 Å². The minimum absolute atomic E-state index is 0.0713. The van der Waals surface area contributed by atoms with E-state index in [2.05, 4.69) is 0 Å². The largest absolute Gasteiger partial charge is 0.386 e. The maximum absolute atomic E-state index is 12.8. The van der Waals surface area contributed by atoms with Gasteiger partial charge in [-0.2, -0.15) is 0 Å². The first kappa shape index (κ1) is 16.2. The van der Waals surface area contributed by atoms with Crippen molar-refractivity contribution in [1.29, 1.82) is 0 Å². The van der Waals surface area contributed by atoms with Gasteiger partial charge in [0.15, 0.2) is 0 Å². The number of thiophene rings is 1. The van der Waals surface area contributed by atoms with E-state index in [1.807, 2.05) is 47.8 Å². The van der Waals surface area contributed by atoms with Gasteiger partial charge in [-0.05, 0) is 23.4 Å². The van der Waals surface area contributed by atoms with E-state index >= 15 is 0 Å². The summed E-state index contributed by atoms with van der Waals surface area (Å²) >= 11 is 1.51. The molecule has 2 atom stereocenters. The van der Waals surface area contributed by atoms with Crippen molar-refractivity contribution < 1.29 is 14.6 Å². The van der Waals surface area contributed by atoms with Crippen molar-refractivity contribution in [2.75, 3.05) is 19.8 Å². The highest BCUT2D eigenvalue weighted by atomic mass is 32.1. The number of hydrogen-bond donors (Lipinski definition) is 1. The van der Waals surface area contributed by atoms with Crippen LogP contribution in [0, 0.1) is 5.92 Å². The zero-order valence-electron chi connectivity index (χ0n) is 12.9. The highest BCUT2D eigenvalue weighted by Gasteiger charge is 2.29. The van der Waals surface area contributed by atoms with Gasteiger partial charge in [-0.25, -0.2) is 0 Å². The van der Waals surface area contributed by atoms with Crippen molar-refractivity contribution in [3.63, 3.8) is 0 Å². The average molecular weight is 331 g/mol. The van der Waals surface area contributed by atoms with E-state index in [9.17, 15) is 9.90 Å². The Kier molecular flexibility index (Phi) is 5.43. The number of carbonyl (C=O) groups excluding carboxylic acids is 1. The third-order valence-electron chi connectivity index (χ3n) is 4.07. The molecule has 1 fully saturated rings. The first-order chi connectivity index (χ1) is 11.2. The molecule has 1 amide bonds. The second-order valence-corrected chi connectivity index (χ2v) is 6.78. The lowest BCUT2D eigenvalue weighted by atomic mass is 10.1. The Labute approximate surface area is 140 Å². The minimum atomic E-state index is -0.648. The van der Waals surface area contributed by atoms with Crippen molar-refractivity contribution in [1.82, 2.24) is 4.90 Å². The quantitative estimate of drug-likeness (QED) is 0.885. The monoisotopic (exact) mass is 331 g/mol. The second kappa shape index (κ2) is 7.73. The molecular formula is C18H21NO3S. The van der Waals surface area contributed by atoms with Crippen LogP contribution in [0.5, 0.6) is 0 Å². The Morgan fingerprint density at radius 1 is 1.30 bits per heavy atom. The molecule has 0 radical (unpaired) electrons. The molecule has 2 heterocycles. The molecule has 1 aliphatic heterocycles. The SMILES string of the molecule is O=C([C@H]1CCOC1)N(Cc1ccccc1)C[C@H](O)c1cccs1. The number of nitrogens with zero attached hydrogens (tertiary/aromatic N) is 1. The Balaban J connectivity index is 1.73. The molecule has 0 saturated carbocycles. The maximum atomic E-state index is 12.8. The van der Waals surface area contributed by atoms with Crippen molar-refractivity contribution in [3.05, 3.63) is 58.3 Å². The summed E-state index contributed by atoms with van der Waals surface area (Å²) in [7, 11) is 0. The molecule has 1 aromatic carbocycles. The number of ether oxygens (including phenoxy) is 1. The van der Waals surface area contributed by atoms with Gasteiger partial charge in [0.25, 0.3) is 0 Å². The van der Waals surface area contributed by atoms with E-state index in [1.165, 1.54) is 11.3 Å². The second-order valence-electron chi connectivity index (χ2n) is 5.80. The van der Waals surface area contributed by atoms with Crippen molar-refractivity contribution in [2.24, 2.45) is 5.92 Å². The number of rotatable bonds is 6. The normalized spacial score (nSPS) is 18.7. The van der Waals surface area contributed by atoms with Crippen molar-refractivity contribution in [3.8, 4) is 0 Å². The lowest BCUT2D eigenvalue weighted by Crippen LogP contribution is -2.38. The van der Waals surface area contributed by atoms with Crippen LogP contribution in [0.2, 0.25) is 0 Å². The molecule has 4 nitrogen and oxygen atoms in total. The molecule has 1 aliphatic rings. The van der Waals surface area contributed by atoms with Crippen LogP contribution in [0.15, 0.2) is 47.8 Å². The van der Waals surface area contributed by atoms with E-state index in [0.717, 1.165) is 16.9 Å². The first-order valence-electron chi connectivity index (χ1n) is 7.86. The zero-order chi connectivity index (χ0) is 16.1. The van der Waals surface area contributed by atoms with Crippen LogP contribution in [0.25, 0.3) is 0 Å². The molecule has 3 rings (SSSR count). The summed E-state index contributed by atoms with van der Waals surface area (Å²) in [6.07, 6.45) is 0.115. The Morgan fingerprint density at radius 3 is 2.78 bits per heavy atom. The van der Waals surface area contributed by atoms with E-state index in [0.29, 0.717) is 26.3 Å². The number of aliphatic hydroxyl groups is 1. The summed E-state index contributed by atoms with van der Waals surface area (Å²) in [5.41, 5.74) is 1.07. The van der Waals surface area contributed by atoms with Crippen molar-refractivity contribution >= 4 is 17.2 Å². The fourth-order valence-corrected chi connectivity index (χ4v) is 3.51. The molecule has 0 bridgehead atoms. The van der Waals surface area contributed by atoms with Gasteiger partial charge in [-0.15, -0.1) is 11.3 Å². The van der Waals surface area contributed by atoms with Crippen LogP contribution in [0.1, 0.15) is 23.0 Å². The Hall–Kier alpha value is -1.69. The molecule has 1 aromatic heterocycles. The number of carbonyl (C=O) groups is 1. The van der Waals surface area contributed by atoms with Gasteiger partial charge in [0.2, 0.25) is 5.91 Å². The maximum Gasteiger partial charge on any atom is 0.228 e. The molecule has 23 heavy (non-hydrogen) atoms. The molecule has 0 aliphatic carbocycles. The summed E-state index contributed by atoms with van der Waals surface area (Å²) in [6, 6.07) is 13.7. The fraction of sp³-hybridized carbons (Fsp3) is 0.389. The first-order valence-corrected chi connectivity index (χ1v) is 8.74. The molecule has 2 aromatic rings. The van der Waals surface area contributed by atoms with Gasteiger partial charge in [0.1, 0.15) is 6.10 Å². The van der Waals surface area contributed by atoms with E-state index in [-0.39, 0.29) is 11.8 Å². The molecule has 122 valence electrons. The van der Waals surface area contributed by atoms with Gasteiger partial charge in [0, 0.05) is 18.0 Å². The third kappa shape index (κ3) is 4.19. The topological polar surface area (TPSA) is 49.8 Å². The molecule has 5 heteroatoms. The summed E-state index contributed by atoms with van der Waals surface area (Å²) in [4.78, 5) is 15.4. The van der Waals surface area contributed by atoms with Gasteiger partial charge < -0.3 is 14.7 Å². The standard InChI is InChI=1S/C18H21NO3S/c20-16(17-7-4-10-23-17)12-19(11-14-5-2-1-3-6-14)18(21)15-8-9-22-13-15/h1-7,10,15-16,20H,8-9,11-13H2/t15-,16-/m0/s1. The third-order valence-corrected chi connectivity index (χ3v) is 5.05. The Morgan fingerprint density at radius 2 is 2.13 bits per heavy atom. The van der Waals surface area contributed by atoms with E-state index in [4.69, 9.17) is 4.74 Å². The summed E-state index contributed by atoms with van der Waals surface area (Å²) in [6.45, 7) is 1.95. The van der Waals surface area contributed by atoms with Crippen LogP contribution in [-0.4, -0.2) is 35.7 Å². The van der Waals surface area contributed by atoms with Crippen LogP contribution in [-0.2, 0) is 16.1 Å². The Bertz CT molecular complexity index is 608. The van der Waals surface area contributed by atoms with Gasteiger partial charge in [-0.1, -0.05) is 36.4 Å². The highest BCUT2D eigenvalue weighted by Crippen LogP contribution is 2.23. The number of benzene rings is 1.